The molecule has 128 valence electrons. The first kappa shape index (κ1) is 17.6. The zero-order valence-electron chi connectivity index (χ0n) is 13.2. The first-order valence-corrected chi connectivity index (χ1v) is 8.79. The Hall–Kier alpha value is -1.71. The Bertz CT molecular complexity index is 684. The summed E-state index contributed by atoms with van der Waals surface area (Å²) in [6.45, 7) is 4.04. The zero-order chi connectivity index (χ0) is 17.1. The monoisotopic (exact) mass is 343 g/mol. The molecular weight excluding hydrogens is 322 g/mol. The van der Waals surface area contributed by atoms with Crippen molar-refractivity contribution < 1.29 is 18.1 Å². The molecule has 0 bridgehead atoms. The maximum absolute atomic E-state index is 12.4. The minimum Gasteiger partial charge on any atom is -0.490 e. The second-order valence-electron chi connectivity index (χ2n) is 5.98. The number of hydrogen-bond donors (Lipinski definition) is 2. The molecule has 1 aromatic rings. The number of nitro groups is 1. The number of nitro benzene ring substituents is 1. The van der Waals surface area contributed by atoms with Gasteiger partial charge in [-0.1, -0.05) is 6.92 Å². The maximum atomic E-state index is 12.4. The minimum absolute atomic E-state index is 0.0271. The standard InChI is InChI=1S/C14H21N3O5S/c1-14(5-7-15-8-6-14)10-16-23(20,21)11-3-4-13(22-2)12(9-11)17(18)19/h3-4,9,15-16H,5-8,10H2,1-2H3. The lowest BCUT2D eigenvalue weighted by molar-refractivity contribution is -0.386. The smallest absolute Gasteiger partial charge is 0.312 e. The van der Waals surface area contributed by atoms with Crippen molar-refractivity contribution >= 4 is 15.7 Å². The van der Waals surface area contributed by atoms with Crippen LogP contribution in [-0.4, -0.2) is 40.1 Å². The van der Waals surface area contributed by atoms with Crippen LogP contribution in [0.15, 0.2) is 23.1 Å². The van der Waals surface area contributed by atoms with Gasteiger partial charge in [0.2, 0.25) is 10.0 Å². The van der Waals surface area contributed by atoms with Crippen LogP contribution in [0.25, 0.3) is 0 Å². The van der Waals surface area contributed by atoms with Gasteiger partial charge in [-0.2, -0.15) is 0 Å². The summed E-state index contributed by atoms with van der Waals surface area (Å²) in [6, 6.07) is 3.61. The zero-order valence-corrected chi connectivity index (χ0v) is 14.0. The summed E-state index contributed by atoms with van der Waals surface area (Å²) < 4.78 is 32.3. The Balaban J connectivity index is 2.19. The Kier molecular flexibility index (Phi) is 5.23. The average Bonchev–Trinajstić information content (AvgIpc) is 2.53. The van der Waals surface area contributed by atoms with Crippen molar-refractivity contribution in [3.8, 4) is 5.75 Å². The Morgan fingerprint density at radius 2 is 2.04 bits per heavy atom. The van der Waals surface area contributed by atoms with E-state index in [1.807, 2.05) is 6.92 Å². The molecule has 0 aliphatic carbocycles. The lowest BCUT2D eigenvalue weighted by Crippen LogP contribution is -2.42. The maximum Gasteiger partial charge on any atom is 0.312 e. The fourth-order valence-electron chi connectivity index (χ4n) is 2.54. The van der Waals surface area contributed by atoms with Gasteiger partial charge < -0.3 is 10.1 Å². The van der Waals surface area contributed by atoms with E-state index in [1.165, 1.54) is 19.2 Å². The third-order valence-corrected chi connectivity index (χ3v) is 5.56. The van der Waals surface area contributed by atoms with Crippen LogP contribution in [-0.2, 0) is 10.0 Å². The molecule has 1 saturated heterocycles. The van der Waals surface area contributed by atoms with Gasteiger partial charge in [0.25, 0.3) is 0 Å². The van der Waals surface area contributed by atoms with Crippen molar-refractivity contribution in [3.05, 3.63) is 28.3 Å². The largest absolute Gasteiger partial charge is 0.490 e. The highest BCUT2D eigenvalue weighted by Crippen LogP contribution is 2.30. The molecular formula is C14H21N3O5S. The third-order valence-electron chi connectivity index (χ3n) is 4.16. The summed E-state index contributed by atoms with van der Waals surface area (Å²) in [6.07, 6.45) is 1.75. The first-order chi connectivity index (χ1) is 10.8. The van der Waals surface area contributed by atoms with E-state index >= 15 is 0 Å². The molecule has 1 fully saturated rings. The Morgan fingerprint density at radius 1 is 1.39 bits per heavy atom. The van der Waals surface area contributed by atoms with Crippen molar-refractivity contribution in [2.75, 3.05) is 26.7 Å². The number of piperidine rings is 1. The lowest BCUT2D eigenvalue weighted by atomic mass is 9.81. The van der Waals surface area contributed by atoms with E-state index in [0.29, 0.717) is 6.54 Å². The summed E-state index contributed by atoms with van der Waals surface area (Å²) in [7, 11) is -2.51. The second-order valence-corrected chi connectivity index (χ2v) is 7.74. The van der Waals surface area contributed by atoms with Gasteiger partial charge in [-0.05, 0) is 43.5 Å². The summed E-state index contributed by atoms with van der Waals surface area (Å²) in [5.74, 6) is 0.0271. The van der Waals surface area contributed by atoms with Gasteiger partial charge >= 0.3 is 5.69 Å². The Morgan fingerprint density at radius 3 is 2.61 bits per heavy atom. The summed E-state index contributed by atoms with van der Waals surface area (Å²) in [5.41, 5.74) is -0.486. The fourth-order valence-corrected chi connectivity index (χ4v) is 3.76. The number of hydrogen-bond acceptors (Lipinski definition) is 6. The molecule has 0 spiro atoms. The fraction of sp³-hybridized carbons (Fsp3) is 0.571. The van der Waals surface area contributed by atoms with E-state index in [9.17, 15) is 18.5 Å². The summed E-state index contributed by atoms with van der Waals surface area (Å²) >= 11 is 0. The van der Waals surface area contributed by atoms with Crippen LogP contribution in [0, 0.1) is 15.5 Å². The van der Waals surface area contributed by atoms with E-state index in [1.54, 1.807) is 0 Å². The highest BCUT2D eigenvalue weighted by atomic mass is 32.2. The number of sulfonamides is 1. The van der Waals surface area contributed by atoms with Crippen LogP contribution in [0.2, 0.25) is 0 Å². The highest BCUT2D eigenvalue weighted by Gasteiger charge is 2.29. The third kappa shape index (κ3) is 4.18. The molecule has 2 rings (SSSR count). The van der Waals surface area contributed by atoms with Gasteiger partial charge in [-0.25, -0.2) is 13.1 Å². The van der Waals surface area contributed by atoms with Crippen LogP contribution in [0.5, 0.6) is 5.75 Å². The van der Waals surface area contributed by atoms with Gasteiger partial charge in [0.05, 0.1) is 16.9 Å². The molecule has 0 unspecified atom stereocenters. The highest BCUT2D eigenvalue weighted by molar-refractivity contribution is 7.89. The molecule has 0 atom stereocenters. The van der Waals surface area contributed by atoms with Crippen molar-refractivity contribution in [2.24, 2.45) is 5.41 Å². The average molecular weight is 343 g/mol. The quantitative estimate of drug-likeness (QED) is 0.594. The lowest BCUT2D eigenvalue weighted by Gasteiger charge is -2.34. The van der Waals surface area contributed by atoms with E-state index < -0.39 is 14.9 Å². The SMILES string of the molecule is COc1ccc(S(=O)(=O)NCC2(C)CCNCC2)cc1[N+](=O)[O-]. The van der Waals surface area contributed by atoms with Crippen LogP contribution in [0.3, 0.4) is 0 Å². The molecule has 2 N–H and O–H groups in total. The predicted molar refractivity (Wildman–Crippen MR) is 85.0 cm³/mol. The van der Waals surface area contributed by atoms with Crippen molar-refractivity contribution in [2.45, 2.75) is 24.7 Å². The van der Waals surface area contributed by atoms with E-state index in [4.69, 9.17) is 4.74 Å². The van der Waals surface area contributed by atoms with Gasteiger partial charge in [0.15, 0.2) is 5.75 Å². The molecule has 0 saturated carbocycles. The van der Waals surface area contributed by atoms with Crippen LogP contribution in [0.1, 0.15) is 19.8 Å². The molecule has 0 aromatic heterocycles. The summed E-state index contributed by atoms with van der Waals surface area (Å²) in [5, 5.41) is 14.3. The van der Waals surface area contributed by atoms with Crippen LogP contribution < -0.4 is 14.8 Å². The van der Waals surface area contributed by atoms with Crippen molar-refractivity contribution in [3.63, 3.8) is 0 Å². The molecule has 23 heavy (non-hydrogen) atoms. The number of methoxy groups -OCH3 is 1. The first-order valence-electron chi connectivity index (χ1n) is 7.30. The molecule has 1 aromatic carbocycles. The van der Waals surface area contributed by atoms with Gasteiger partial charge in [0.1, 0.15) is 0 Å². The minimum atomic E-state index is -3.81. The topological polar surface area (TPSA) is 111 Å². The number of benzene rings is 1. The number of nitrogens with zero attached hydrogens (tertiary/aromatic N) is 1. The molecule has 0 radical (unpaired) electrons. The summed E-state index contributed by atoms with van der Waals surface area (Å²) in [4.78, 5) is 10.2. The van der Waals surface area contributed by atoms with Crippen LogP contribution in [0.4, 0.5) is 5.69 Å². The molecule has 8 nitrogen and oxygen atoms in total. The molecule has 1 heterocycles. The van der Waals surface area contributed by atoms with Crippen LogP contribution >= 0.6 is 0 Å². The molecule has 1 aliphatic heterocycles. The van der Waals surface area contributed by atoms with Crippen molar-refractivity contribution in [1.82, 2.24) is 10.0 Å². The number of rotatable bonds is 6. The van der Waals surface area contributed by atoms with Crippen molar-refractivity contribution in [1.29, 1.82) is 0 Å². The Labute approximate surface area is 135 Å². The van der Waals surface area contributed by atoms with E-state index in [0.717, 1.165) is 32.0 Å². The molecule has 0 amide bonds. The normalized spacial score (nSPS) is 17.7. The number of ether oxygens (including phenoxy) is 1. The van der Waals surface area contributed by atoms with Gasteiger partial charge in [-0.3, -0.25) is 10.1 Å². The number of nitrogens with one attached hydrogen (secondary N) is 2. The molecule has 9 heteroatoms. The second kappa shape index (κ2) is 6.81. The van der Waals surface area contributed by atoms with Gasteiger partial charge in [0, 0.05) is 12.6 Å². The van der Waals surface area contributed by atoms with E-state index in [2.05, 4.69) is 10.0 Å². The molecule has 1 aliphatic rings. The van der Waals surface area contributed by atoms with E-state index in [-0.39, 0.29) is 21.7 Å². The predicted octanol–water partition coefficient (Wildman–Crippen LogP) is 1.27. The van der Waals surface area contributed by atoms with Gasteiger partial charge in [-0.15, -0.1) is 0 Å².